The Hall–Kier alpha value is -3.66. The van der Waals surface area contributed by atoms with Crippen LogP contribution in [0.2, 0.25) is 0 Å². The highest BCUT2D eigenvalue weighted by Crippen LogP contribution is 2.70. The first-order valence-corrected chi connectivity index (χ1v) is 23.6. The van der Waals surface area contributed by atoms with Crippen molar-refractivity contribution >= 4 is 58.5 Å². The standard InChI is InChI=1S/2C24H31ClN2O5/c2*1-5-22-12-15(25)13-27-11-10-23(18(22)27)16-8-6-7-9-17(16)26(3)19(23)24(30,21(29)31-4)20(22)32-14(2)28/h2*6-9,15,18-20,30H,5,10-13H2,1-4H3/t2*15-,18+,19-,20-,22-,23-,24+/m00/s1. The average molecular weight is 926 g/mol. The maximum atomic E-state index is 13.5. The first kappa shape index (κ1) is 45.5. The average Bonchev–Trinajstić information content (AvgIpc) is 3.99. The van der Waals surface area contributed by atoms with Gasteiger partial charge in [0.1, 0.15) is 0 Å². The highest BCUT2D eigenvalue weighted by atomic mass is 35.5. The molecule has 4 saturated heterocycles. The number of hydrogen-bond acceptors (Lipinski definition) is 14. The van der Waals surface area contributed by atoms with Crippen LogP contribution in [0.1, 0.15) is 77.3 Å². The van der Waals surface area contributed by atoms with Crippen molar-refractivity contribution in [3.05, 3.63) is 59.7 Å². The monoisotopic (exact) mass is 924 g/mol. The minimum Gasteiger partial charge on any atom is -0.467 e. The molecule has 348 valence electrons. The second kappa shape index (κ2) is 15.4. The lowest BCUT2D eigenvalue weighted by Gasteiger charge is -2.65. The van der Waals surface area contributed by atoms with Gasteiger partial charge in [0.25, 0.3) is 0 Å². The summed E-state index contributed by atoms with van der Waals surface area (Å²) in [6, 6.07) is 15.0. The molecule has 2 aliphatic carbocycles. The molecule has 2 saturated carbocycles. The highest BCUT2D eigenvalue weighted by molar-refractivity contribution is 6.21. The Balaban J connectivity index is 0.000000162. The van der Waals surface area contributed by atoms with Crippen LogP contribution in [0.4, 0.5) is 11.4 Å². The lowest BCUT2D eigenvalue weighted by atomic mass is 9.46. The Morgan fingerprint density at radius 1 is 0.641 bits per heavy atom. The van der Waals surface area contributed by atoms with Crippen LogP contribution in [0, 0.1) is 10.8 Å². The van der Waals surface area contributed by atoms with Gasteiger partial charge >= 0.3 is 23.9 Å². The maximum absolute atomic E-state index is 13.5. The second-order valence-electron chi connectivity index (χ2n) is 19.8. The molecular weight excluding hydrogens is 863 g/mol. The van der Waals surface area contributed by atoms with Crippen molar-refractivity contribution in [2.24, 2.45) is 10.8 Å². The van der Waals surface area contributed by atoms with Crippen molar-refractivity contribution in [3.63, 3.8) is 0 Å². The van der Waals surface area contributed by atoms with Gasteiger partial charge in [0.15, 0.2) is 12.2 Å². The lowest BCUT2D eigenvalue weighted by Crippen LogP contribution is -2.82. The molecule has 8 aliphatic rings. The number of carbonyl (C=O) groups excluding carboxylic acids is 4. The molecule has 64 heavy (non-hydrogen) atoms. The number of likely N-dealkylation sites (N-methyl/N-ethyl adjacent to an activating group) is 2. The minimum atomic E-state index is -2.05. The van der Waals surface area contributed by atoms with E-state index in [9.17, 15) is 29.4 Å². The summed E-state index contributed by atoms with van der Waals surface area (Å²) < 4.78 is 22.2. The number of ether oxygens (including phenoxy) is 4. The number of anilines is 2. The molecule has 10 rings (SSSR count). The van der Waals surface area contributed by atoms with Crippen molar-refractivity contribution in [2.75, 3.05) is 64.3 Å². The van der Waals surface area contributed by atoms with E-state index in [2.05, 4.69) is 21.9 Å². The van der Waals surface area contributed by atoms with E-state index in [1.54, 1.807) is 0 Å². The largest absolute Gasteiger partial charge is 0.467 e. The summed E-state index contributed by atoms with van der Waals surface area (Å²) in [5, 5.41) is 24.5. The number of methoxy groups -OCH3 is 2. The predicted molar refractivity (Wildman–Crippen MR) is 240 cm³/mol. The second-order valence-corrected chi connectivity index (χ2v) is 21.1. The molecule has 6 heterocycles. The van der Waals surface area contributed by atoms with Gasteiger partial charge in [-0.05, 0) is 74.9 Å². The summed E-state index contributed by atoms with van der Waals surface area (Å²) in [6.45, 7) is 9.80. The smallest absolute Gasteiger partial charge is 0.344 e. The first-order valence-electron chi connectivity index (χ1n) is 22.7. The van der Waals surface area contributed by atoms with Crippen molar-refractivity contribution in [3.8, 4) is 0 Å². The molecule has 14 nitrogen and oxygen atoms in total. The van der Waals surface area contributed by atoms with Crippen molar-refractivity contribution in [2.45, 2.75) is 135 Å². The van der Waals surface area contributed by atoms with Crippen LogP contribution in [0.15, 0.2) is 48.5 Å². The number of para-hydroxylation sites is 2. The van der Waals surface area contributed by atoms with E-state index in [1.165, 1.54) is 28.1 Å². The zero-order valence-corrected chi connectivity index (χ0v) is 39.5. The van der Waals surface area contributed by atoms with Crippen molar-refractivity contribution in [1.82, 2.24) is 9.80 Å². The maximum Gasteiger partial charge on any atom is 0.344 e. The van der Waals surface area contributed by atoms with E-state index < -0.39 is 81.0 Å². The third-order valence-electron chi connectivity index (χ3n) is 17.4. The molecular formula is C48H62Cl2N4O10. The molecule has 2 spiro atoms. The molecule has 16 heteroatoms. The van der Waals surface area contributed by atoms with Gasteiger partial charge < -0.3 is 39.0 Å². The van der Waals surface area contributed by atoms with Crippen molar-refractivity contribution in [1.29, 1.82) is 0 Å². The molecule has 6 fully saturated rings. The van der Waals surface area contributed by atoms with E-state index in [1.807, 2.05) is 74.1 Å². The number of piperidine rings is 2. The number of fused-ring (bicyclic) bond motifs is 2. The minimum absolute atomic E-state index is 0.0274. The number of benzene rings is 2. The van der Waals surface area contributed by atoms with E-state index in [4.69, 9.17) is 42.1 Å². The van der Waals surface area contributed by atoms with Gasteiger partial charge in [-0.2, -0.15) is 0 Å². The number of esters is 4. The SMILES string of the molecule is CC[C@@]12C[C@H](Cl)CN3CC[C@]4(c5ccccc5N(C)[C@@H]4[C@](O)(C(=O)OC)[C@H]1OC(C)=O)[C@H]32.CC[C@@]12C[C@H](Cl)CN3CC[C@]4(c5ccccc5N(C)[C@@H]4[C@](O)(C(=O)OC)[C@H]1OC(C)=O)[C@H]32. The zero-order chi connectivity index (χ0) is 46.1. The van der Waals surface area contributed by atoms with Crippen LogP contribution in [-0.2, 0) is 49.0 Å². The van der Waals surface area contributed by atoms with E-state index in [-0.39, 0.29) is 22.8 Å². The number of aliphatic hydroxyl groups is 2. The van der Waals surface area contributed by atoms with Gasteiger partial charge in [-0.3, -0.25) is 19.4 Å². The van der Waals surface area contributed by atoms with E-state index in [0.29, 0.717) is 25.7 Å². The Kier molecular flexibility index (Phi) is 11.0. The molecule has 6 aliphatic heterocycles. The molecule has 0 aromatic heterocycles. The highest BCUT2D eigenvalue weighted by Gasteiger charge is 2.83. The Labute approximate surface area is 385 Å². The molecule has 0 bridgehead atoms. The molecule has 0 unspecified atom stereocenters. The van der Waals surface area contributed by atoms with Gasteiger partial charge in [0.2, 0.25) is 11.2 Å². The van der Waals surface area contributed by atoms with Gasteiger partial charge in [-0.1, -0.05) is 50.2 Å². The molecule has 0 amide bonds. The van der Waals surface area contributed by atoms with Crippen LogP contribution in [-0.4, -0.2) is 157 Å². The zero-order valence-electron chi connectivity index (χ0n) is 38.0. The fourth-order valence-electron chi connectivity index (χ4n) is 16.0. The summed E-state index contributed by atoms with van der Waals surface area (Å²) in [4.78, 5) is 60.4. The first-order chi connectivity index (χ1) is 30.4. The van der Waals surface area contributed by atoms with Crippen LogP contribution in [0.25, 0.3) is 0 Å². The summed E-state index contributed by atoms with van der Waals surface area (Å²) in [5.74, 6) is -2.60. The number of carbonyl (C=O) groups is 4. The molecule has 2 aromatic carbocycles. The normalized spacial score (nSPS) is 42.1. The summed E-state index contributed by atoms with van der Waals surface area (Å²) in [6.07, 6.45) is 1.71. The third-order valence-corrected chi connectivity index (χ3v) is 18.0. The third kappa shape index (κ3) is 5.52. The number of rotatable bonds is 6. The Morgan fingerprint density at radius 2 is 1.00 bits per heavy atom. The molecule has 0 radical (unpaired) electrons. The summed E-state index contributed by atoms with van der Waals surface area (Å²) >= 11 is 13.6. The van der Waals surface area contributed by atoms with Crippen molar-refractivity contribution < 1.29 is 48.3 Å². The van der Waals surface area contributed by atoms with Crippen LogP contribution >= 0.6 is 23.2 Å². The quantitative estimate of drug-likeness (QED) is 0.242. The van der Waals surface area contributed by atoms with Crippen LogP contribution in [0.3, 0.4) is 0 Å². The number of alkyl halides is 2. The molecule has 2 N–H and O–H groups in total. The lowest BCUT2D eigenvalue weighted by molar-refractivity contribution is -0.242. The Bertz CT molecular complexity index is 2100. The van der Waals surface area contributed by atoms with E-state index in [0.717, 1.165) is 61.5 Å². The van der Waals surface area contributed by atoms with Gasteiger partial charge in [0.05, 0.1) is 26.3 Å². The predicted octanol–water partition coefficient (Wildman–Crippen LogP) is 4.15. The summed E-state index contributed by atoms with van der Waals surface area (Å²) in [7, 11) is 6.37. The van der Waals surface area contributed by atoms with Crippen LogP contribution < -0.4 is 9.80 Å². The van der Waals surface area contributed by atoms with Gasteiger partial charge in [-0.15, -0.1) is 23.2 Å². The van der Waals surface area contributed by atoms with Gasteiger partial charge in [0, 0.05) is 96.9 Å². The number of hydrogen-bond donors (Lipinski definition) is 2. The van der Waals surface area contributed by atoms with E-state index >= 15 is 0 Å². The summed E-state index contributed by atoms with van der Waals surface area (Å²) in [5.41, 5.74) is -2.30. The number of halogens is 2. The van der Waals surface area contributed by atoms with Crippen LogP contribution in [0.5, 0.6) is 0 Å². The topological polar surface area (TPSA) is 159 Å². The fourth-order valence-corrected chi connectivity index (χ4v) is 16.9. The molecule has 14 atom stereocenters. The molecule has 2 aromatic rings. The fraction of sp³-hybridized carbons (Fsp3) is 0.667. The Morgan fingerprint density at radius 3 is 1.33 bits per heavy atom. The number of nitrogens with zero attached hydrogens (tertiary/aromatic N) is 4. The van der Waals surface area contributed by atoms with Gasteiger partial charge in [-0.25, -0.2) is 9.59 Å².